The van der Waals surface area contributed by atoms with Crippen molar-refractivity contribution in [1.82, 2.24) is 5.48 Å². The van der Waals surface area contributed by atoms with Gasteiger partial charge in [-0.05, 0) is 17.7 Å². The van der Waals surface area contributed by atoms with E-state index in [1.54, 1.807) is 13.2 Å². The highest BCUT2D eigenvalue weighted by molar-refractivity contribution is 6.30. The van der Waals surface area contributed by atoms with Gasteiger partial charge in [-0.3, -0.25) is 0 Å². The summed E-state index contributed by atoms with van der Waals surface area (Å²) in [6.45, 7) is 0.377. The lowest BCUT2D eigenvalue weighted by atomic mass is 10.1. The Kier molecular flexibility index (Phi) is 4.28. The van der Waals surface area contributed by atoms with Gasteiger partial charge in [0.1, 0.15) is 5.82 Å². The molecule has 0 aromatic heterocycles. The van der Waals surface area contributed by atoms with Crippen LogP contribution >= 0.6 is 11.6 Å². The monoisotopic (exact) mass is 219 g/mol. The number of hydrogen-bond donors (Lipinski definition) is 2. The summed E-state index contributed by atoms with van der Waals surface area (Å²) in [5.41, 5.74) is 2.96. The molecule has 0 bridgehead atoms. The second-order valence-corrected chi connectivity index (χ2v) is 3.23. The molecule has 0 atom stereocenters. The first-order valence-electron chi connectivity index (χ1n) is 4.01. The summed E-state index contributed by atoms with van der Waals surface area (Å²) in [6.07, 6.45) is 0. The molecule has 0 fully saturated rings. The van der Waals surface area contributed by atoms with Gasteiger partial charge in [0, 0.05) is 19.2 Å². The first-order chi connectivity index (χ1) is 6.69. The number of rotatable bonds is 4. The Morgan fingerprint density at radius 1 is 1.57 bits per heavy atom. The highest BCUT2D eigenvalue weighted by atomic mass is 35.5. The molecule has 0 unspecified atom stereocenters. The van der Waals surface area contributed by atoms with E-state index in [-0.39, 0.29) is 11.6 Å². The molecule has 1 rings (SSSR count). The fourth-order valence-corrected chi connectivity index (χ4v) is 1.43. The maximum atomic E-state index is 13.3. The van der Waals surface area contributed by atoms with Crippen molar-refractivity contribution in [3.05, 3.63) is 34.1 Å². The van der Waals surface area contributed by atoms with Crippen molar-refractivity contribution in [3.8, 4) is 0 Å². The molecular weight excluding hydrogens is 209 g/mol. The summed E-state index contributed by atoms with van der Waals surface area (Å²) < 4.78 is 18.2. The molecule has 1 aromatic rings. The molecule has 3 nitrogen and oxygen atoms in total. The van der Waals surface area contributed by atoms with Crippen LogP contribution in [0.15, 0.2) is 12.1 Å². The highest BCUT2D eigenvalue weighted by Crippen LogP contribution is 2.21. The van der Waals surface area contributed by atoms with Gasteiger partial charge < -0.3 is 9.94 Å². The number of hydroxylamine groups is 1. The molecule has 0 spiro atoms. The molecule has 14 heavy (non-hydrogen) atoms. The van der Waals surface area contributed by atoms with Crippen molar-refractivity contribution < 1.29 is 14.3 Å². The van der Waals surface area contributed by atoms with Gasteiger partial charge >= 0.3 is 0 Å². The minimum Gasteiger partial charge on any atom is -0.380 e. The van der Waals surface area contributed by atoms with Crippen LogP contribution < -0.4 is 5.48 Å². The Hall–Kier alpha value is -0.680. The second kappa shape index (κ2) is 5.26. The SMILES string of the molecule is COCc1cc(Cl)c(F)c(CNO)c1. The Morgan fingerprint density at radius 3 is 2.86 bits per heavy atom. The zero-order chi connectivity index (χ0) is 10.6. The van der Waals surface area contributed by atoms with Crippen LogP contribution in [0.4, 0.5) is 4.39 Å². The van der Waals surface area contributed by atoms with Crippen molar-refractivity contribution >= 4 is 11.6 Å². The molecule has 0 saturated carbocycles. The standard InChI is InChI=1S/C9H11ClFNO2/c1-14-5-6-2-7(4-12-13)9(11)8(10)3-6/h2-3,12-13H,4-5H2,1H3. The average Bonchev–Trinajstić information content (AvgIpc) is 2.14. The van der Waals surface area contributed by atoms with E-state index in [9.17, 15) is 4.39 Å². The minimum absolute atomic E-state index is 0.0170. The number of hydrogen-bond acceptors (Lipinski definition) is 3. The van der Waals surface area contributed by atoms with Crippen LogP contribution in [0.2, 0.25) is 5.02 Å². The van der Waals surface area contributed by atoms with Crippen molar-refractivity contribution in [1.29, 1.82) is 0 Å². The van der Waals surface area contributed by atoms with Crippen LogP contribution in [-0.4, -0.2) is 12.3 Å². The third-order valence-electron chi connectivity index (χ3n) is 1.74. The van der Waals surface area contributed by atoms with Gasteiger partial charge in [-0.25, -0.2) is 9.87 Å². The van der Waals surface area contributed by atoms with E-state index >= 15 is 0 Å². The van der Waals surface area contributed by atoms with Gasteiger partial charge in [-0.1, -0.05) is 11.6 Å². The van der Waals surface area contributed by atoms with E-state index in [1.807, 2.05) is 5.48 Å². The summed E-state index contributed by atoms with van der Waals surface area (Å²) in [5, 5.41) is 8.50. The van der Waals surface area contributed by atoms with Gasteiger partial charge in [0.05, 0.1) is 11.6 Å². The molecule has 0 aliphatic carbocycles. The summed E-state index contributed by atoms with van der Waals surface area (Å²) >= 11 is 5.65. The smallest absolute Gasteiger partial charge is 0.146 e. The summed E-state index contributed by atoms with van der Waals surface area (Å²) in [5.74, 6) is -0.520. The molecule has 0 aliphatic rings. The molecule has 0 radical (unpaired) electrons. The fraction of sp³-hybridized carbons (Fsp3) is 0.333. The van der Waals surface area contributed by atoms with Gasteiger partial charge in [0.15, 0.2) is 0 Å². The van der Waals surface area contributed by atoms with Crippen LogP contribution in [0.5, 0.6) is 0 Å². The normalized spacial score (nSPS) is 10.6. The van der Waals surface area contributed by atoms with Gasteiger partial charge in [-0.2, -0.15) is 0 Å². The Labute approximate surface area is 86.4 Å². The quantitative estimate of drug-likeness (QED) is 0.763. The predicted octanol–water partition coefficient (Wildman–Crippen LogP) is 2.10. The first kappa shape index (κ1) is 11.4. The van der Waals surface area contributed by atoms with Crippen LogP contribution in [0.25, 0.3) is 0 Å². The van der Waals surface area contributed by atoms with Crippen molar-refractivity contribution in [2.45, 2.75) is 13.2 Å². The van der Waals surface area contributed by atoms with Gasteiger partial charge in [0.2, 0.25) is 0 Å². The van der Waals surface area contributed by atoms with Crippen molar-refractivity contribution in [2.75, 3.05) is 7.11 Å². The second-order valence-electron chi connectivity index (χ2n) is 2.82. The van der Waals surface area contributed by atoms with E-state index in [0.29, 0.717) is 12.2 Å². The maximum absolute atomic E-state index is 13.3. The largest absolute Gasteiger partial charge is 0.380 e. The summed E-state index contributed by atoms with van der Waals surface area (Å²) in [7, 11) is 1.54. The number of methoxy groups -OCH3 is 1. The van der Waals surface area contributed by atoms with Gasteiger partial charge in [-0.15, -0.1) is 0 Å². The van der Waals surface area contributed by atoms with E-state index < -0.39 is 5.82 Å². The molecule has 0 heterocycles. The molecule has 0 saturated heterocycles. The number of halogens is 2. The Morgan fingerprint density at radius 2 is 2.29 bits per heavy atom. The number of nitrogens with one attached hydrogen (secondary N) is 1. The van der Waals surface area contributed by atoms with E-state index in [0.717, 1.165) is 5.56 Å². The summed E-state index contributed by atoms with van der Waals surface area (Å²) in [4.78, 5) is 0. The van der Waals surface area contributed by atoms with E-state index in [1.165, 1.54) is 6.07 Å². The highest BCUT2D eigenvalue weighted by Gasteiger charge is 2.08. The van der Waals surface area contributed by atoms with Crippen LogP contribution in [0, 0.1) is 5.82 Å². The number of ether oxygens (including phenoxy) is 1. The van der Waals surface area contributed by atoms with Crippen LogP contribution in [0.1, 0.15) is 11.1 Å². The molecule has 0 amide bonds. The molecular formula is C9H11ClFNO2. The summed E-state index contributed by atoms with van der Waals surface area (Å²) in [6, 6.07) is 3.09. The molecule has 78 valence electrons. The molecule has 5 heteroatoms. The molecule has 2 N–H and O–H groups in total. The molecule has 0 aliphatic heterocycles. The molecule has 1 aromatic carbocycles. The first-order valence-corrected chi connectivity index (χ1v) is 4.39. The lowest BCUT2D eigenvalue weighted by Crippen LogP contribution is -2.09. The van der Waals surface area contributed by atoms with Crippen molar-refractivity contribution in [3.63, 3.8) is 0 Å². The average molecular weight is 220 g/mol. The maximum Gasteiger partial charge on any atom is 0.146 e. The minimum atomic E-state index is -0.520. The Bertz CT molecular complexity index is 320. The zero-order valence-electron chi connectivity index (χ0n) is 7.68. The lowest BCUT2D eigenvalue weighted by Gasteiger charge is -2.07. The van der Waals surface area contributed by atoms with Crippen molar-refractivity contribution in [2.24, 2.45) is 0 Å². The fourth-order valence-electron chi connectivity index (χ4n) is 1.17. The van der Waals surface area contributed by atoms with Crippen LogP contribution in [0.3, 0.4) is 0 Å². The zero-order valence-corrected chi connectivity index (χ0v) is 8.44. The topological polar surface area (TPSA) is 41.5 Å². The van der Waals surface area contributed by atoms with Crippen LogP contribution in [-0.2, 0) is 17.9 Å². The Balaban J connectivity index is 3.01. The number of benzene rings is 1. The predicted molar refractivity (Wildman–Crippen MR) is 50.7 cm³/mol. The van der Waals surface area contributed by atoms with E-state index in [2.05, 4.69) is 0 Å². The third-order valence-corrected chi connectivity index (χ3v) is 2.02. The third kappa shape index (κ3) is 2.65. The lowest BCUT2D eigenvalue weighted by molar-refractivity contribution is 0.159. The van der Waals surface area contributed by atoms with Gasteiger partial charge in [0.25, 0.3) is 0 Å². The van der Waals surface area contributed by atoms with E-state index in [4.69, 9.17) is 21.5 Å².